The van der Waals surface area contributed by atoms with E-state index < -0.39 is 5.54 Å². The molecule has 0 bridgehead atoms. The molecule has 5 heteroatoms. The van der Waals surface area contributed by atoms with Crippen molar-refractivity contribution in [3.8, 4) is 0 Å². The van der Waals surface area contributed by atoms with Gasteiger partial charge in [0.2, 0.25) is 0 Å². The van der Waals surface area contributed by atoms with Gasteiger partial charge >= 0.3 is 0 Å². The van der Waals surface area contributed by atoms with Crippen molar-refractivity contribution in [1.82, 2.24) is 10.3 Å². The summed E-state index contributed by atoms with van der Waals surface area (Å²) in [4.78, 5) is 13.4. The van der Waals surface area contributed by atoms with E-state index in [9.17, 15) is 9.90 Å². The maximum atomic E-state index is 11.6. The van der Waals surface area contributed by atoms with Gasteiger partial charge in [0.05, 0.1) is 12.6 Å². The summed E-state index contributed by atoms with van der Waals surface area (Å²) in [5.41, 5.74) is 1.72. The van der Waals surface area contributed by atoms with Crippen LogP contribution in [-0.4, -0.2) is 41.1 Å². The summed E-state index contributed by atoms with van der Waals surface area (Å²) in [6.45, 7) is 7.65. The first-order valence-electron chi connectivity index (χ1n) is 5.12. The number of likely N-dealkylation sites (N-methyl/N-ethyl adjacent to an activating group) is 1. The highest BCUT2D eigenvalue weighted by Gasteiger charge is 2.34. The molecule has 0 spiro atoms. The second kappa shape index (κ2) is 5.44. The van der Waals surface area contributed by atoms with Crippen LogP contribution in [-0.2, 0) is 4.79 Å². The number of hydrazine groups is 1. The lowest BCUT2D eigenvalue weighted by Gasteiger charge is -2.40. The fourth-order valence-corrected chi connectivity index (χ4v) is 1.50. The minimum absolute atomic E-state index is 0.00935. The molecule has 0 aliphatic carbocycles. The molecule has 0 aliphatic heterocycles. The Labute approximate surface area is 91.6 Å². The van der Waals surface area contributed by atoms with Crippen molar-refractivity contribution in [3.63, 3.8) is 0 Å². The molecular weight excluding hydrogens is 194 g/mol. The van der Waals surface area contributed by atoms with Crippen LogP contribution in [0, 0.1) is 5.92 Å². The Morgan fingerprint density at radius 3 is 2.27 bits per heavy atom. The molecule has 1 unspecified atom stereocenters. The Hall–Kier alpha value is -0.650. The van der Waals surface area contributed by atoms with E-state index in [1.807, 2.05) is 39.6 Å². The van der Waals surface area contributed by atoms with Crippen molar-refractivity contribution in [2.75, 3.05) is 13.7 Å². The molecule has 15 heavy (non-hydrogen) atoms. The fraction of sp³-hybridized carbons (Fsp3) is 0.900. The van der Waals surface area contributed by atoms with Gasteiger partial charge < -0.3 is 5.11 Å². The maximum Gasteiger partial charge on any atom is 0.251 e. The SMILES string of the molecule is CC(C)C(C(=O)NN)N(C)C(C)(C)CO. The summed E-state index contributed by atoms with van der Waals surface area (Å²) in [6, 6.07) is -0.336. The highest BCUT2D eigenvalue weighted by atomic mass is 16.3. The van der Waals surface area contributed by atoms with Gasteiger partial charge in [-0.3, -0.25) is 15.1 Å². The van der Waals surface area contributed by atoms with Crippen LogP contribution < -0.4 is 11.3 Å². The van der Waals surface area contributed by atoms with E-state index in [1.54, 1.807) is 0 Å². The largest absolute Gasteiger partial charge is 0.394 e. The Balaban J connectivity index is 4.86. The predicted molar refractivity (Wildman–Crippen MR) is 59.9 cm³/mol. The number of aliphatic hydroxyl groups excluding tert-OH is 1. The molecule has 5 nitrogen and oxygen atoms in total. The van der Waals surface area contributed by atoms with E-state index in [4.69, 9.17) is 5.84 Å². The molecule has 0 aromatic rings. The fourth-order valence-electron chi connectivity index (χ4n) is 1.50. The van der Waals surface area contributed by atoms with Gasteiger partial charge in [0.25, 0.3) is 5.91 Å². The summed E-state index contributed by atoms with van der Waals surface area (Å²) in [6.07, 6.45) is 0. The molecule has 0 aliphatic rings. The minimum atomic E-state index is -0.443. The van der Waals surface area contributed by atoms with Gasteiger partial charge in [0.1, 0.15) is 0 Å². The van der Waals surface area contributed by atoms with Crippen molar-refractivity contribution in [2.24, 2.45) is 11.8 Å². The molecule has 1 amide bonds. The van der Waals surface area contributed by atoms with Gasteiger partial charge in [-0.1, -0.05) is 13.8 Å². The average Bonchev–Trinajstić information content (AvgIpc) is 2.16. The van der Waals surface area contributed by atoms with E-state index in [1.165, 1.54) is 0 Å². The van der Waals surface area contributed by atoms with Crippen LogP contribution in [0.5, 0.6) is 0 Å². The Morgan fingerprint density at radius 2 is 2.00 bits per heavy atom. The molecule has 1 atom stereocenters. The molecule has 0 saturated carbocycles. The second-order valence-electron chi connectivity index (χ2n) is 4.78. The van der Waals surface area contributed by atoms with Crippen molar-refractivity contribution in [1.29, 1.82) is 0 Å². The molecule has 0 fully saturated rings. The van der Waals surface area contributed by atoms with Crippen LogP contribution in [0.15, 0.2) is 0 Å². The zero-order chi connectivity index (χ0) is 12.2. The van der Waals surface area contributed by atoms with Crippen LogP contribution in [0.1, 0.15) is 27.7 Å². The molecule has 0 aromatic carbocycles. The monoisotopic (exact) mass is 217 g/mol. The van der Waals surface area contributed by atoms with Crippen molar-refractivity contribution in [3.05, 3.63) is 0 Å². The number of nitrogens with two attached hydrogens (primary N) is 1. The van der Waals surface area contributed by atoms with Gasteiger partial charge in [-0.15, -0.1) is 0 Å². The molecule has 0 saturated heterocycles. The number of hydrogen-bond acceptors (Lipinski definition) is 4. The lowest BCUT2D eigenvalue weighted by atomic mass is 9.95. The van der Waals surface area contributed by atoms with Gasteiger partial charge in [0.15, 0.2) is 0 Å². The van der Waals surface area contributed by atoms with Gasteiger partial charge in [-0.25, -0.2) is 5.84 Å². The van der Waals surface area contributed by atoms with Gasteiger partial charge in [-0.05, 0) is 26.8 Å². The van der Waals surface area contributed by atoms with Crippen LogP contribution in [0.4, 0.5) is 0 Å². The number of hydrogen-bond donors (Lipinski definition) is 3. The number of carbonyl (C=O) groups excluding carboxylic acids is 1. The molecule has 4 N–H and O–H groups in total. The Bertz CT molecular complexity index is 217. The Kier molecular flexibility index (Phi) is 5.20. The predicted octanol–water partition coefficient (Wildman–Crippen LogP) is -0.296. The third-order valence-corrected chi connectivity index (χ3v) is 2.80. The number of nitrogens with zero attached hydrogens (tertiary/aromatic N) is 1. The molecule has 0 heterocycles. The van der Waals surface area contributed by atoms with Crippen molar-refractivity contribution in [2.45, 2.75) is 39.3 Å². The topological polar surface area (TPSA) is 78.6 Å². The number of rotatable bonds is 5. The summed E-state index contributed by atoms with van der Waals surface area (Å²) < 4.78 is 0. The summed E-state index contributed by atoms with van der Waals surface area (Å²) in [7, 11) is 1.82. The quantitative estimate of drug-likeness (QED) is 0.336. The maximum absolute atomic E-state index is 11.6. The Morgan fingerprint density at radius 1 is 1.53 bits per heavy atom. The zero-order valence-corrected chi connectivity index (χ0v) is 10.2. The smallest absolute Gasteiger partial charge is 0.251 e. The molecule has 90 valence electrons. The third kappa shape index (κ3) is 3.44. The first-order valence-corrected chi connectivity index (χ1v) is 5.12. The van der Waals surface area contributed by atoms with E-state index in [2.05, 4.69) is 5.43 Å². The second-order valence-corrected chi connectivity index (χ2v) is 4.78. The number of amides is 1. The highest BCUT2D eigenvalue weighted by Crippen LogP contribution is 2.19. The first-order chi connectivity index (χ1) is 6.77. The molecule has 0 rings (SSSR count). The van der Waals surface area contributed by atoms with Crippen LogP contribution >= 0.6 is 0 Å². The van der Waals surface area contributed by atoms with Crippen LogP contribution in [0.2, 0.25) is 0 Å². The summed E-state index contributed by atoms with van der Waals surface area (Å²) in [5.74, 6) is 5.05. The standard InChI is InChI=1S/C10H23N3O2/c1-7(2)8(9(15)12-11)13(5)10(3,4)6-14/h7-8,14H,6,11H2,1-5H3,(H,12,15). The minimum Gasteiger partial charge on any atom is -0.394 e. The third-order valence-electron chi connectivity index (χ3n) is 2.80. The van der Waals surface area contributed by atoms with Crippen molar-refractivity contribution < 1.29 is 9.90 Å². The van der Waals surface area contributed by atoms with Gasteiger partial charge in [0, 0.05) is 5.54 Å². The van der Waals surface area contributed by atoms with E-state index in [0.717, 1.165) is 0 Å². The van der Waals surface area contributed by atoms with Crippen LogP contribution in [0.25, 0.3) is 0 Å². The zero-order valence-electron chi connectivity index (χ0n) is 10.2. The summed E-state index contributed by atoms with van der Waals surface area (Å²) in [5, 5.41) is 9.24. The number of carbonyl (C=O) groups is 1. The van der Waals surface area contributed by atoms with E-state index in [-0.39, 0.29) is 24.5 Å². The van der Waals surface area contributed by atoms with E-state index >= 15 is 0 Å². The lowest BCUT2D eigenvalue weighted by molar-refractivity contribution is -0.130. The highest BCUT2D eigenvalue weighted by molar-refractivity contribution is 5.81. The normalized spacial score (nSPS) is 14.5. The molecule has 0 radical (unpaired) electrons. The number of aliphatic hydroxyl groups is 1. The number of nitrogens with one attached hydrogen (secondary N) is 1. The average molecular weight is 217 g/mol. The van der Waals surface area contributed by atoms with Crippen LogP contribution in [0.3, 0.4) is 0 Å². The summed E-state index contributed by atoms with van der Waals surface area (Å²) >= 11 is 0. The molecular formula is C10H23N3O2. The van der Waals surface area contributed by atoms with Crippen molar-refractivity contribution >= 4 is 5.91 Å². The first kappa shape index (κ1) is 14.3. The van der Waals surface area contributed by atoms with Gasteiger partial charge in [-0.2, -0.15) is 0 Å². The van der Waals surface area contributed by atoms with E-state index in [0.29, 0.717) is 0 Å². The lowest BCUT2D eigenvalue weighted by Crippen LogP contribution is -2.58. The molecule has 0 aromatic heterocycles.